The molecule has 0 radical (unpaired) electrons. The molecular weight excluding hydrogens is 220 g/mol. The highest BCUT2D eigenvalue weighted by atomic mass is 32.1. The lowest BCUT2D eigenvalue weighted by atomic mass is 9.90. The lowest BCUT2D eigenvalue weighted by Crippen LogP contribution is -2.24. The third-order valence-corrected chi connectivity index (χ3v) is 2.82. The summed E-state index contributed by atoms with van der Waals surface area (Å²) in [5.74, 6) is 0.663. The van der Waals surface area contributed by atoms with Crippen LogP contribution in [0.5, 0.6) is 0 Å². The van der Waals surface area contributed by atoms with Crippen molar-refractivity contribution in [3.05, 3.63) is 18.1 Å². The molecule has 1 aromatic heterocycles. The summed E-state index contributed by atoms with van der Waals surface area (Å²) in [5, 5.41) is 3.24. The first kappa shape index (κ1) is 12.8. The summed E-state index contributed by atoms with van der Waals surface area (Å²) >= 11 is 4.92. The van der Waals surface area contributed by atoms with Crippen LogP contribution in [0.2, 0.25) is 0 Å². The normalized spacial score (nSPS) is 11.2. The summed E-state index contributed by atoms with van der Waals surface area (Å²) in [5.41, 5.74) is 6.35. The average Bonchev–Trinajstić information content (AvgIpc) is 2.27. The molecule has 0 bridgehead atoms. The molecule has 1 aromatic rings. The number of nitrogens with zero attached hydrogens (tertiary/aromatic N) is 2. The molecule has 0 fully saturated rings. The van der Waals surface area contributed by atoms with Crippen LogP contribution in [0.25, 0.3) is 0 Å². The van der Waals surface area contributed by atoms with Crippen molar-refractivity contribution in [1.82, 2.24) is 9.97 Å². The van der Waals surface area contributed by atoms with Gasteiger partial charge in [-0.2, -0.15) is 0 Å². The summed E-state index contributed by atoms with van der Waals surface area (Å²) in [6.07, 6.45) is 4.30. The molecule has 0 spiro atoms. The van der Waals surface area contributed by atoms with E-state index in [9.17, 15) is 0 Å². The van der Waals surface area contributed by atoms with Gasteiger partial charge < -0.3 is 11.1 Å². The van der Waals surface area contributed by atoms with E-state index in [1.54, 1.807) is 12.4 Å². The molecule has 0 amide bonds. The molecule has 1 heterocycles. The maximum Gasteiger partial charge on any atom is 0.155 e. The van der Waals surface area contributed by atoms with Gasteiger partial charge >= 0.3 is 0 Å². The Morgan fingerprint density at radius 1 is 1.44 bits per heavy atom. The monoisotopic (exact) mass is 238 g/mol. The maximum absolute atomic E-state index is 5.58. The quantitative estimate of drug-likeness (QED) is 0.768. The minimum atomic E-state index is 0.213. The van der Waals surface area contributed by atoms with E-state index in [1.165, 1.54) is 0 Å². The second-order valence-electron chi connectivity index (χ2n) is 4.49. The first-order chi connectivity index (χ1) is 7.46. The molecule has 0 unspecified atom stereocenters. The first-order valence-electron chi connectivity index (χ1n) is 5.31. The highest BCUT2D eigenvalue weighted by Crippen LogP contribution is 2.20. The predicted octanol–water partition coefficient (Wildman–Crippen LogP) is 1.96. The number of anilines is 1. The van der Waals surface area contributed by atoms with Gasteiger partial charge in [-0.25, -0.2) is 9.97 Å². The number of aromatic nitrogens is 2. The fraction of sp³-hybridized carbons (Fsp3) is 0.545. The van der Waals surface area contributed by atoms with Crippen molar-refractivity contribution in [2.75, 3.05) is 11.9 Å². The van der Waals surface area contributed by atoms with Crippen molar-refractivity contribution in [2.45, 2.75) is 27.2 Å². The molecule has 16 heavy (non-hydrogen) atoms. The van der Waals surface area contributed by atoms with Crippen LogP contribution in [0.3, 0.4) is 0 Å². The van der Waals surface area contributed by atoms with E-state index in [-0.39, 0.29) is 10.4 Å². The van der Waals surface area contributed by atoms with Crippen LogP contribution in [0.15, 0.2) is 12.4 Å². The summed E-state index contributed by atoms with van der Waals surface area (Å²) < 4.78 is 0. The van der Waals surface area contributed by atoms with Crippen LogP contribution in [0.4, 0.5) is 5.82 Å². The predicted molar refractivity (Wildman–Crippen MR) is 70.5 cm³/mol. The first-order valence-corrected chi connectivity index (χ1v) is 5.72. The van der Waals surface area contributed by atoms with Crippen molar-refractivity contribution >= 4 is 23.0 Å². The number of hydrogen-bond acceptors (Lipinski definition) is 4. The molecule has 1 rings (SSSR count). The van der Waals surface area contributed by atoms with Crippen molar-refractivity contribution in [3.8, 4) is 0 Å². The van der Waals surface area contributed by atoms with Gasteiger partial charge in [0, 0.05) is 18.9 Å². The van der Waals surface area contributed by atoms with E-state index in [0.29, 0.717) is 11.5 Å². The highest BCUT2D eigenvalue weighted by molar-refractivity contribution is 7.80. The topological polar surface area (TPSA) is 63.8 Å². The molecule has 0 aliphatic rings. The number of hydrogen-bond donors (Lipinski definition) is 2. The van der Waals surface area contributed by atoms with Gasteiger partial charge in [-0.3, -0.25) is 0 Å². The Kier molecular flexibility index (Phi) is 4.18. The average molecular weight is 238 g/mol. The Labute approximate surface area is 102 Å². The van der Waals surface area contributed by atoms with E-state index in [1.807, 2.05) is 0 Å². The maximum atomic E-state index is 5.58. The molecule has 0 aliphatic heterocycles. The number of rotatable bonds is 5. The second-order valence-corrected chi connectivity index (χ2v) is 4.93. The fourth-order valence-electron chi connectivity index (χ4n) is 1.10. The molecule has 3 N–H and O–H groups in total. The zero-order valence-corrected chi connectivity index (χ0v) is 10.8. The van der Waals surface area contributed by atoms with Crippen LogP contribution in [-0.4, -0.2) is 21.5 Å². The highest BCUT2D eigenvalue weighted by Gasteiger charge is 2.16. The second kappa shape index (κ2) is 5.21. The Balaban J connectivity index is 2.78. The largest absolute Gasteiger partial charge is 0.388 e. The minimum absolute atomic E-state index is 0.213. The van der Waals surface area contributed by atoms with E-state index in [4.69, 9.17) is 18.0 Å². The Morgan fingerprint density at radius 3 is 2.62 bits per heavy atom. The van der Waals surface area contributed by atoms with Crippen molar-refractivity contribution < 1.29 is 0 Å². The molecule has 0 aliphatic carbocycles. The van der Waals surface area contributed by atoms with Gasteiger partial charge in [0.15, 0.2) is 5.82 Å². The number of nitrogens with one attached hydrogen (secondary N) is 1. The molecule has 5 heteroatoms. The van der Waals surface area contributed by atoms with Gasteiger partial charge in [-0.05, 0) is 11.8 Å². The molecule has 0 saturated carbocycles. The van der Waals surface area contributed by atoms with Crippen molar-refractivity contribution in [3.63, 3.8) is 0 Å². The van der Waals surface area contributed by atoms with E-state index in [2.05, 4.69) is 36.1 Å². The van der Waals surface area contributed by atoms with Gasteiger partial charge in [0.05, 0.1) is 0 Å². The smallest absolute Gasteiger partial charge is 0.155 e. The summed E-state index contributed by atoms with van der Waals surface area (Å²) in [7, 11) is 0. The zero-order valence-electron chi connectivity index (χ0n) is 9.95. The SMILES string of the molecule is CCC(C)(C)CNc1nccnc1C(N)=S. The third kappa shape index (κ3) is 3.41. The minimum Gasteiger partial charge on any atom is -0.388 e. The lowest BCUT2D eigenvalue weighted by molar-refractivity contribution is 0.376. The Morgan fingerprint density at radius 2 is 2.06 bits per heavy atom. The van der Waals surface area contributed by atoms with Crippen LogP contribution < -0.4 is 11.1 Å². The molecule has 0 atom stereocenters. The zero-order chi connectivity index (χ0) is 12.2. The van der Waals surface area contributed by atoms with E-state index >= 15 is 0 Å². The number of nitrogens with two attached hydrogens (primary N) is 1. The summed E-state index contributed by atoms with van der Waals surface area (Å²) in [6, 6.07) is 0. The lowest BCUT2D eigenvalue weighted by Gasteiger charge is -2.23. The molecule has 4 nitrogen and oxygen atoms in total. The van der Waals surface area contributed by atoms with Crippen LogP contribution in [0, 0.1) is 5.41 Å². The van der Waals surface area contributed by atoms with E-state index < -0.39 is 0 Å². The van der Waals surface area contributed by atoms with Crippen LogP contribution in [0.1, 0.15) is 32.9 Å². The van der Waals surface area contributed by atoms with E-state index in [0.717, 1.165) is 13.0 Å². The Hall–Kier alpha value is -1.23. The van der Waals surface area contributed by atoms with Crippen LogP contribution >= 0.6 is 12.2 Å². The molecule has 88 valence electrons. The van der Waals surface area contributed by atoms with Crippen molar-refractivity contribution in [2.24, 2.45) is 11.1 Å². The summed E-state index contributed by atoms with van der Waals surface area (Å²) in [6.45, 7) is 7.36. The van der Waals surface area contributed by atoms with Gasteiger partial charge in [0.1, 0.15) is 10.7 Å². The van der Waals surface area contributed by atoms with Gasteiger partial charge in [-0.1, -0.05) is 33.0 Å². The Bertz CT molecular complexity index is 376. The van der Waals surface area contributed by atoms with Gasteiger partial charge in [0.2, 0.25) is 0 Å². The number of thiocarbonyl (C=S) groups is 1. The standard InChI is InChI=1S/C11H18N4S/c1-4-11(2,3)7-15-10-8(9(12)16)13-5-6-14-10/h5-6H,4,7H2,1-3H3,(H2,12,16)(H,14,15). The van der Waals surface area contributed by atoms with Crippen molar-refractivity contribution in [1.29, 1.82) is 0 Å². The fourth-order valence-corrected chi connectivity index (χ4v) is 1.25. The summed E-state index contributed by atoms with van der Waals surface area (Å²) in [4.78, 5) is 8.58. The van der Waals surface area contributed by atoms with Crippen LogP contribution in [-0.2, 0) is 0 Å². The van der Waals surface area contributed by atoms with Gasteiger partial charge in [-0.15, -0.1) is 0 Å². The molecule has 0 saturated heterocycles. The third-order valence-electron chi connectivity index (χ3n) is 2.62. The molecular formula is C11H18N4S. The van der Waals surface area contributed by atoms with Gasteiger partial charge in [0.25, 0.3) is 0 Å². The molecule has 0 aromatic carbocycles.